The van der Waals surface area contributed by atoms with E-state index in [9.17, 15) is 22.8 Å². The Hall–Kier alpha value is -3.08. The second-order valence-corrected chi connectivity index (χ2v) is 7.40. The van der Waals surface area contributed by atoms with Gasteiger partial charge in [0.15, 0.2) is 0 Å². The van der Waals surface area contributed by atoms with Crippen LogP contribution in [0.1, 0.15) is 18.2 Å². The number of nitrogens with one attached hydrogen (secondary N) is 1. The summed E-state index contributed by atoms with van der Waals surface area (Å²) in [5.41, 5.74) is 2.08. The van der Waals surface area contributed by atoms with Crippen molar-refractivity contribution in [1.29, 1.82) is 5.41 Å². The van der Waals surface area contributed by atoms with E-state index in [2.05, 4.69) is 4.98 Å². The van der Waals surface area contributed by atoms with Crippen molar-refractivity contribution in [3.8, 4) is 0 Å². The quantitative estimate of drug-likeness (QED) is 0.332. The molecule has 0 bridgehead atoms. The molecule has 0 saturated carbocycles. The standard InChI is InChI=1S/C18H16F3N5O2S/c1-10-16(27)26(12-2-4-13(5-3-12)29-18(19,20)21)17(28)25(10)9-11-6-7-24-14(8-11)15(22)23/h2-8,10H,9H2,1H3,(H3,22,23). The third-order valence-electron chi connectivity index (χ3n) is 4.26. The maximum absolute atomic E-state index is 12.8. The third-order valence-corrected chi connectivity index (χ3v) is 5.00. The topological polar surface area (TPSA) is 103 Å². The minimum absolute atomic E-state index is 0.0428. The van der Waals surface area contributed by atoms with Gasteiger partial charge in [-0.15, -0.1) is 0 Å². The van der Waals surface area contributed by atoms with E-state index in [1.54, 1.807) is 19.1 Å². The van der Waals surface area contributed by atoms with Crippen LogP contribution >= 0.6 is 11.8 Å². The molecule has 1 atom stereocenters. The predicted octanol–water partition coefficient (Wildman–Crippen LogP) is 3.33. The Labute approximate surface area is 168 Å². The number of nitrogen functional groups attached to an aromatic ring is 1. The highest BCUT2D eigenvalue weighted by atomic mass is 32.2. The number of pyridine rings is 1. The molecule has 1 fully saturated rings. The van der Waals surface area contributed by atoms with Crippen LogP contribution in [0.4, 0.5) is 23.7 Å². The molecule has 152 valence electrons. The smallest absolute Gasteiger partial charge is 0.382 e. The van der Waals surface area contributed by atoms with Crippen molar-refractivity contribution in [2.45, 2.75) is 29.9 Å². The Bertz CT molecular complexity index is 965. The van der Waals surface area contributed by atoms with Crippen molar-refractivity contribution in [2.75, 3.05) is 4.90 Å². The van der Waals surface area contributed by atoms with E-state index < -0.39 is 23.5 Å². The highest BCUT2D eigenvalue weighted by Gasteiger charge is 2.43. The summed E-state index contributed by atoms with van der Waals surface area (Å²) in [6, 6.07) is 6.88. The minimum Gasteiger partial charge on any atom is -0.382 e. The number of benzene rings is 1. The van der Waals surface area contributed by atoms with Gasteiger partial charge in [-0.2, -0.15) is 13.2 Å². The predicted molar refractivity (Wildman–Crippen MR) is 101 cm³/mol. The Morgan fingerprint density at radius 1 is 1.24 bits per heavy atom. The SMILES string of the molecule is CC1C(=O)N(c2ccc(SC(F)(F)F)cc2)C(=O)N1Cc1ccnc(C(=N)N)c1. The first kappa shape index (κ1) is 20.6. The maximum atomic E-state index is 12.8. The summed E-state index contributed by atoms with van der Waals surface area (Å²) >= 11 is -0.272. The lowest BCUT2D eigenvalue weighted by atomic mass is 10.2. The first-order valence-electron chi connectivity index (χ1n) is 8.36. The molecule has 3 rings (SSSR count). The first-order valence-corrected chi connectivity index (χ1v) is 9.18. The van der Waals surface area contributed by atoms with Gasteiger partial charge in [-0.3, -0.25) is 15.2 Å². The van der Waals surface area contributed by atoms with E-state index in [1.165, 1.54) is 35.4 Å². The lowest BCUT2D eigenvalue weighted by Gasteiger charge is -2.19. The van der Waals surface area contributed by atoms with Crippen LogP contribution in [0.3, 0.4) is 0 Å². The Kier molecular flexibility index (Phi) is 5.51. The number of alkyl halides is 3. The number of hydrogen-bond acceptors (Lipinski definition) is 5. The fraction of sp³-hybridized carbons (Fsp3) is 0.222. The first-order chi connectivity index (χ1) is 13.6. The van der Waals surface area contributed by atoms with Crippen molar-refractivity contribution in [3.05, 3.63) is 53.9 Å². The van der Waals surface area contributed by atoms with Crippen LogP contribution < -0.4 is 10.6 Å². The van der Waals surface area contributed by atoms with Crippen molar-refractivity contribution >= 4 is 35.2 Å². The largest absolute Gasteiger partial charge is 0.446 e. The zero-order valence-electron chi connectivity index (χ0n) is 15.1. The number of rotatable bonds is 5. The van der Waals surface area contributed by atoms with Gasteiger partial charge in [-0.05, 0) is 60.6 Å². The molecule has 1 aliphatic heterocycles. The molecule has 0 spiro atoms. The minimum atomic E-state index is -4.42. The van der Waals surface area contributed by atoms with Crippen molar-refractivity contribution in [2.24, 2.45) is 5.73 Å². The van der Waals surface area contributed by atoms with Crippen LogP contribution in [-0.4, -0.2) is 39.2 Å². The summed E-state index contributed by atoms with van der Waals surface area (Å²) < 4.78 is 37.4. The number of urea groups is 1. The van der Waals surface area contributed by atoms with Gasteiger partial charge in [0.2, 0.25) is 0 Å². The molecular formula is C18H16F3N5O2S. The van der Waals surface area contributed by atoms with E-state index in [1.807, 2.05) is 0 Å². The summed E-state index contributed by atoms with van der Waals surface area (Å²) in [5.74, 6) is -0.700. The van der Waals surface area contributed by atoms with Crippen LogP contribution in [0.5, 0.6) is 0 Å². The number of imide groups is 1. The number of hydrogen-bond donors (Lipinski definition) is 2. The molecule has 7 nitrogen and oxygen atoms in total. The summed E-state index contributed by atoms with van der Waals surface area (Å²) in [6.07, 6.45) is 1.45. The molecule has 2 heterocycles. The molecule has 29 heavy (non-hydrogen) atoms. The lowest BCUT2D eigenvalue weighted by molar-refractivity contribution is -0.119. The summed E-state index contributed by atoms with van der Waals surface area (Å²) in [6.45, 7) is 1.66. The van der Waals surface area contributed by atoms with Crippen molar-refractivity contribution in [1.82, 2.24) is 9.88 Å². The molecule has 0 aliphatic carbocycles. The molecule has 1 unspecified atom stereocenters. The number of thioether (sulfide) groups is 1. The second-order valence-electron chi connectivity index (χ2n) is 6.26. The molecule has 2 aromatic rings. The van der Waals surface area contributed by atoms with E-state index in [0.717, 1.165) is 4.90 Å². The van der Waals surface area contributed by atoms with Gasteiger partial charge in [-0.25, -0.2) is 9.69 Å². The van der Waals surface area contributed by atoms with E-state index in [0.29, 0.717) is 5.56 Å². The normalized spacial score (nSPS) is 17.2. The highest BCUT2D eigenvalue weighted by Crippen LogP contribution is 2.37. The van der Waals surface area contributed by atoms with Gasteiger partial charge < -0.3 is 10.6 Å². The molecule has 1 saturated heterocycles. The number of carbonyl (C=O) groups is 2. The number of nitrogens with two attached hydrogens (primary N) is 1. The van der Waals surface area contributed by atoms with E-state index in [-0.39, 0.29) is 40.4 Å². The fourth-order valence-electron chi connectivity index (χ4n) is 2.86. The summed E-state index contributed by atoms with van der Waals surface area (Å²) in [5, 5.41) is 7.44. The van der Waals surface area contributed by atoms with Crippen LogP contribution in [-0.2, 0) is 11.3 Å². The average molecular weight is 423 g/mol. The lowest BCUT2D eigenvalue weighted by Crippen LogP contribution is -2.33. The Balaban J connectivity index is 1.81. The highest BCUT2D eigenvalue weighted by molar-refractivity contribution is 8.00. The van der Waals surface area contributed by atoms with Crippen LogP contribution in [0.15, 0.2) is 47.5 Å². The van der Waals surface area contributed by atoms with Crippen molar-refractivity contribution in [3.63, 3.8) is 0 Å². The van der Waals surface area contributed by atoms with Gasteiger partial charge >= 0.3 is 11.5 Å². The molecule has 1 aromatic carbocycles. The maximum Gasteiger partial charge on any atom is 0.446 e. The van der Waals surface area contributed by atoms with Crippen LogP contribution in [0, 0.1) is 5.41 Å². The molecule has 3 N–H and O–H groups in total. The number of halogens is 3. The number of carbonyl (C=O) groups excluding carboxylic acids is 2. The van der Waals surface area contributed by atoms with Gasteiger partial charge in [0.05, 0.1) is 5.69 Å². The number of amides is 3. The number of aromatic nitrogens is 1. The van der Waals surface area contributed by atoms with Crippen molar-refractivity contribution < 1.29 is 22.8 Å². The molecule has 3 amide bonds. The summed E-state index contributed by atoms with van der Waals surface area (Å²) in [4.78, 5) is 31.6. The van der Waals surface area contributed by atoms with Gasteiger partial charge in [0.1, 0.15) is 17.6 Å². The zero-order chi connectivity index (χ0) is 21.3. The van der Waals surface area contributed by atoms with E-state index in [4.69, 9.17) is 11.1 Å². The Morgan fingerprint density at radius 3 is 2.48 bits per heavy atom. The third kappa shape index (κ3) is 4.50. The number of nitrogens with zero attached hydrogens (tertiary/aromatic N) is 3. The summed E-state index contributed by atoms with van der Waals surface area (Å²) in [7, 11) is 0. The van der Waals surface area contributed by atoms with Gasteiger partial charge in [0, 0.05) is 17.6 Å². The second kappa shape index (κ2) is 7.74. The molecule has 0 radical (unpaired) electrons. The monoisotopic (exact) mass is 423 g/mol. The Morgan fingerprint density at radius 2 is 1.90 bits per heavy atom. The molecular weight excluding hydrogens is 407 g/mol. The van der Waals surface area contributed by atoms with Crippen LogP contribution in [0.25, 0.3) is 0 Å². The van der Waals surface area contributed by atoms with Gasteiger partial charge in [0.25, 0.3) is 5.91 Å². The average Bonchev–Trinajstić information content (AvgIpc) is 2.85. The number of amidine groups is 1. The zero-order valence-corrected chi connectivity index (χ0v) is 15.9. The van der Waals surface area contributed by atoms with Crippen LogP contribution in [0.2, 0.25) is 0 Å². The van der Waals surface area contributed by atoms with E-state index >= 15 is 0 Å². The molecule has 1 aromatic heterocycles. The van der Waals surface area contributed by atoms with Gasteiger partial charge in [-0.1, -0.05) is 0 Å². The number of anilines is 1. The molecule has 1 aliphatic rings. The molecule has 11 heteroatoms. The fourth-order valence-corrected chi connectivity index (χ4v) is 3.40.